The van der Waals surface area contributed by atoms with E-state index >= 15 is 0 Å². The first kappa shape index (κ1) is 10.7. The maximum Gasteiger partial charge on any atom is 0.231 e. The number of halogens is 1. The quantitative estimate of drug-likeness (QED) is 0.671. The van der Waals surface area contributed by atoms with Crippen molar-refractivity contribution in [1.29, 1.82) is 0 Å². The standard InChI is InChI=1S/C10H13FN2O/c11-9-3-1-8(2-4-9)5-6-13-7-10(12)14/h1-4,13H,5-7H2,(H2,12,14). The molecule has 0 aromatic heterocycles. The van der Waals surface area contributed by atoms with Crippen molar-refractivity contribution >= 4 is 5.91 Å². The minimum Gasteiger partial charge on any atom is -0.369 e. The second-order valence-electron chi connectivity index (χ2n) is 3.02. The summed E-state index contributed by atoms with van der Waals surface area (Å²) in [5.74, 6) is -0.608. The minimum absolute atomic E-state index is 0.182. The number of hydrogen-bond donors (Lipinski definition) is 2. The van der Waals surface area contributed by atoms with Gasteiger partial charge in [-0.25, -0.2) is 4.39 Å². The summed E-state index contributed by atoms with van der Waals surface area (Å²) in [5, 5.41) is 2.88. The highest BCUT2D eigenvalue weighted by molar-refractivity contribution is 5.75. The molecule has 4 heteroatoms. The first-order valence-corrected chi connectivity index (χ1v) is 4.42. The molecule has 76 valence electrons. The normalized spacial score (nSPS) is 10.1. The van der Waals surface area contributed by atoms with Gasteiger partial charge in [-0.2, -0.15) is 0 Å². The van der Waals surface area contributed by atoms with Crippen molar-refractivity contribution in [1.82, 2.24) is 5.32 Å². The monoisotopic (exact) mass is 196 g/mol. The van der Waals surface area contributed by atoms with Gasteiger partial charge in [0.25, 0.3) is 0 Å². The van der Waals surface area contributed by atoms with Crippen molar-refractivity contribution in [2.24, 2.45) is 5.73 Å². The second kappa shape index (κ2) is 5.34. The Kier molecular flexibility index (Phi) is 4.07. The molecule has 0 radical (unpaired) electrons. The molecule has 1 amide bonds. The van der Waals surface area contributed by atoms with Crippen LogP contribution in [0.1, 0.15) is 5.56 Å². The van der Waals surface area contributed by atoms with Gasteiger partial charge >= 0.3 is 0 Å². The molecule has 0 fully saturated rings. The van der Waals surface area contributed by atoms with Crippen molar-refractivity contribution < 1.29 is 9.18 Å². The van der Waals surface area contributed by atoms with E-state index in [2.05, 4.69) is 5.32 Å². The predicted octanol–water partition coefficient (Wildman–Crippen LogP) is 0.443. The van der Waals surface area contributed by atoms with Crippen LogP contribution in [0.2, 0.25) is 0 Å². The van der Waals surface area contributed by atoms with Crippen LogP contribution >= 0.6 is 0 Å². The molecular weight excluding hydrogens is 183 g/mol. The Labute approximate surface area is 82.1 Å². The summed E-state index contributed by atoms with van der Waals surface area (Å²) in [4.78, 5) is 10.4. The van der Waals surface area contributed by atoms with Crippen LogP contribution in [-0.2, 0) is 11.2 Å². The summed E-state index contributed by atoms with van der Waals surface area (Å²) in [7, 11) is 0. The highest BCUT2D eigenvalue weighted by atomic mass is 19.1. The molecule has 0 heterocycles. The molecule has 0 atom stereocenters. The van der Waals surface area contributed by atoms with Crippen LogP contribution in [0.15, 0.2) is 24.3 Å². The summed E-state index contributed by atoms with van der Waals surface area (Å²) in [6.07, 6.45) is 0.758. The van der Waals surface area contributed by atoms with Crippen molar-refractivity contribution in [3.8, 4) is 0 Å². The third kappa shape index (κ3) is 4.00. The highest BCUT2D eigenvalue weighted by Crippen LogP contribution is 2.02. The van der Waals surface area contributed by atoms with Crippen molar-refractivity contribution in [2.45, 2.75) is 6.42 Å². The lowest BCUT2D eigenvalue weighted by molar-refractivity contribution is -0.117. The third-order valence-corrected chi connectivity index (χ3v) is 1.80. The molecular formula is C10H13FN2O. The number of carbonyl (C=O) groups is 1. The van der Waals surface area contributed by atoms with E-state index in [0.29, 0.717) is 6.54 Å². The SMILES string of the molecule is NC(=O)CNCCc1ccc(F)cc1. The zero-order chi connectivity index (χ0) is 10.4. The van der Waals surface area contributed by atoms with E-state index < -0.39 is 0 Å². The van der Waals surface area contributed by atoms with Gasteiger partial charge in [-0.15, -0.1) is 0 Å². The summed E-state index contributed by atoms with van der Waals surface area (Å²) in [5.41, 5.74) is 5.97. The number of nitrogens with two attached hydrogens (primary N) is 1. The Balaban J connectivity index is 2.25. The van der Waals surface area contributed by atoms with Crippen LogP contribution in [0, 0.1) is 5.82 Å². The van der Waals surface area contributed by atoms with E-state index in [1.165, 1.54) is 12.1 Å². The van der Waals surface area contributed by atoms with Gasteiger partial charge in [-0.05, 0) is 30.7 Å². The van der Waals surface area contributed by atoms with Crippen LogP contribution in [-0.4, -0.2) is 19.0 Å². The second-order valence-corrected chi connectivity index (χ2v) is 3.02. The van der Waals surface area contributed by atoms with Crippen molar-refractivity contribution in [3.05, 3.63) is 35.6 Å². The summed E-state index contributed by atoms with van der Waals surface area (Å²) in [6.45, 7) is 0.843. The molecule has 1 aromatic carbocycles. The Bertz CT molecular complexity index is 297. The van der Waals surface area contributed by atoms with E-state index in [0.717, 1.165) is 12.0 Å². The Morgan fingerprint density at radius 1 is 1.36 bits per heavy atom. The van der Waals surface area contributed by atoms with Crippen molar-refractivity contribution in [3.63, 3.8) is 0 Å². The largest absolute Gasteiger partial charge is 0.369 e. The molecule has 0 saturated carbocycles. The van der Waals surface area contributed by atoms with Crippen LogP contribution in [0.25, 0.3) is 0 Å². The van der Waals surface area contributed by atoms with E-state index in [1.807, 2.05) is 0 Å². The van der Waals surface area contributed by atoms with E-state index in [4.69, 9.17) is 5.73 Å². The molecule has 0 aliphatic carbocycles. The fraction of sp³-hybridized carbons (Fsp3) is 0.300. The van der Waals surface area contributed by atoms with Gasteiger partial charge in [0, 0.05) is 0 Å². The van der Waals surface area contributed by atoms with Crippen LogP contribution in [0.4, 0.5) is 4.39 Å². The van der Waals surface area contributed by atoms with Gasteiger partial charge in [0.05, 0.1) is 6.54 Å². The molecule has 0 bridgehead atoms. The summed E-state index contributed by atoms with van der Waals surface area (Å²) in [6, 6.07) is 6.29. The molecule has 0 unspecified atom stereocenters. The summed E-state index contributed by atoms with van der Waals surface area (Å²) >= 11 is 0. The number of amides is 1. The molecule has 3 N–H and O–H groups in total. The lowest BCUT2D eigenvalue weighted by Crippen LogP contribution is -2.29. The Hall–Kier alpha value is -1.42. The van der Waals surface area contributed by atoms with Crippen molar-refractivity contribution in [2.75, 3.05) is 13.1 Å². The van der Waals surface area contributed by atoms with E-state index in [9.17, 15) is 9.18 Å². The van der Waals surface area contributed by atoms with Crippen LogP contribution < -0.4 is 11.1 Å². The van der Waals surface area contributed by atoms with Gasteiger partial charge in [-0.1, -0.05) is 12.1 Å². The molecule has 0 aliphatic heterocycles. The molecule has 14 heavy (non-hydrogen) atoms. The molecule has 1 aromatic rings. The number of carbonyl (C=O) groups excluding carboxylic acids is 1. The fourth-order valence-electron chi connectivity index (χ4n) is 1.10. The third-order valence-electron chi connectivity index (χ3n) is 1.80. The van der Waals surface area contributed by atoms with Crippen LogP contribution in [0.3, 0.4) is 0 Å². The molecule has 1 rings (SSSR count). The van der Waals surface area contributed by atoms with Crippen LogP contribution in [0.5, 0.6) is 0 Å². The van der Waals surface area contributed by atoms with Gasteiger partial charge in [0.15, 0.2) is 0 Å². The predicted molar refractivity (Wildman–Crippen MR) is 52.2 cm³/mol. The smallest absolute Gasteiger partial charge is 0.231 e. The fourth-order valence-corrected chi connectivity index (χ4v) is 1.10. The zero-order valence-corrected chi connectivity index (χ0v) is 7.79. The lowest BCUT2D eigenvalue weighted by Gasteiger charge is -2.02. The maximum absolute atomic E-state index is 12.5. The Morgan fingerprint density at radius 3 is 2.57 bits per heavy atom. The van der Waals surface area contributed by atoms with E-state index in [1.54, 1.807) is 12.1 Å². The average molecular weight is 196 g/mol. The maximum atomic E-state index is 12.5. The van der Waals surface area contributed by atoms with Gasteiger partial charge in [0.2, 0.25) is 5.91 Å². The molecule has 0 spiro atoms. The number of rotatable bonds is 5. The first-order valence-electron chi connectivity index (χ1n) is 4.42. The number of benzene rings is 1. The molecule has 0 aliphatic rings. The number of primary amides is 1. The van der Waals surface area contributed by atoms with E-state index in [-0.39, 0.29) is 18.3 Å². The number of hydrogen-bond acceptors (Lipinski definition) is 2. The minimum atomic E-state index is -0.371. The molecule has 0 saturated heterocycles. The first-order chi connectivity index (χ1) is 6.68. The average Bonchev–Trinajstić information content (AvgIpc) is 2.15. The highest BCUT2D eigenvalue weighted by Gasteiger charge is 1.95. The molecule has 3 nitrogen and oxygen atoms in total. The Morgan fingerprint density at radius 2 is 2.00 bits per heavy atom. The van der Waals surface area contributed by atoms with Gasteiger partial charge in [0.1, 0.15) is 5.82 Å². The lowest BCUT2D eigenvalue weighted by atomic mass is 10.1. The number of nitrogens with one attached hydrogen (secondary N) is 1. The zero-order valence-electron chi connectivity index (χ0n) is 7.79. The van der Waals surface area contributed by atoms with Gasteiger partial charge < -0.3 is 11.1 Å². The topological polar surface area (TPSA) is 55.1 Å². The van der Waals surface area contributed by atoms with Gasteiger partial charge in [-0.3, -0.25) is 4.79 Å². The summed E-state index contributed by atoms with van der Waals surface area (Å²) < 4.78 is 12.5.